The second kappa shape index (κ2) is 7.73. The van der Waals surface area contributed by atoms with Crippen LogP contribution >= 0.6 is 0 Å². The Hall–Kier alpha value is -3.12. The third-order valence-electron chi connectivity index (χ3n) is 6.01. The highest BCUT2D eigenvalue weighted by Crippen LogP contribution is 2.49. The number of carboxylic acids is 1. The number of alkyl halides is 2. The summed E-state index contributed by atoms with van der Waals surface area (Å²) in [5.74, 6) is 1.69. The van der Waals surface area contributed by atoms with E-state index in [0.29, 0.717) is 16.8 Å². The number of carbonyl (C=O) groups is 1. The second-order valence-electron chi connectivity index (χ2n) is 10.1. The van der Waals surface area contributed by atoms with Crippen LogP contribution in [-0.4, -0.2) is 36.0 Å². The molecule has 174 valence electrons. The highest BCUT2D eigenvalue weighted by atomic mass is 28.3. The summed E-state index contributed by atoms with van der Waals surface area (Å²) in [5, 5.41) is 11.6. The van der Waals surface area contributed by atoms with Gasteiger partial charge < -0.3 is 9.84 Å². The molecule has 9 heteroatoms. The van der Waals surface area contributed by atoms with Crippen LogP contribution < -0.4 is 15.2 Å². The number of pyridine rings is 1. The number of rotatable bonds is 3. The molecule has 1 N–H and O–H groups in total. The van der Waals surface area contributed by atoms with Gasteiger partial charge in [0.25, 0.3) is 0 Å². The zero-order chi connectivity index (χ0) is 24.3. The van der Waals surface area contributed by atoms with E-state index in [-0.39, 0.29) is 22.9 Å². The van der Waals surface area contributed by atoms with E-state index in [1.165, 1.54) is 18.3 Å². The number of benzene rings is 1. The molecule has 0 amide bonds. The van der Waals surface area contributed by atoms with Crippen LogP contribution in [0.1, 0.15) is 54.2 Å². The van der Waals surface area contributed by atoms with Gasteiger partial charge in [-0.1, -0.05) is 25.6 Å². The molecule has 1 aromatic carbocycles. The van der Waals surface area contributed by atoms with Gasteiger partial charge in [0.2, 0.25) is 0 Å². The molecule has 2 aliphatic rings. The van der Waals surface area contributed by atoms with Crippen LogP contribution in [0, 0.1) is 11.5 Å². The topological polar surface area (TPSA) is 71.8 Å². The fourth-order valence-corrected chi connectivity index (χ4v) is 5.09. The normalized spacial score (nSPS) is 18.2. The fraction of sp³-hybridized carbons (Fsp3) is 0.417. The molecule has 0 spiro atoms. The van der Waals surface area contributed by atoms with E-state index in [1.54, 1.807) is 10.7 Å². The molecule has 1 atom stereocenters. The molecule has 6 nitrogen and oxygen atoms in total. The summed E-state index contributed by atoms with van der Waals surface area (Å²) >= 11 is 0. The molecular formula is C24H26F2N2O4Si. The summed E-state index contributed by atoms with van der Waals surface area (Å²) < 4.78 is 33.0. The number of carboxylic acid groups (broad SMARTS) is 1. The van der Waals surface area contributed by atoms with E-state index in [4.69, 9.17) is 4.74 Å². The molecule has 4 rings (SSSR count). The van der Waals surface area contributed by atoms with Gasteiger partial charge in [-0.25, -0.2) is 4.79 Å². The minimum absolute atomic E-state index is 0.0542. The predicted octanol–water partition coefficient (Wildman–Crippen LogP) is 4.61. The first-order chi connectivity index (χ1) is 15.3. The lowest BCUT2D eigenvalue weighted by Crippen LogP contribution is -2.50. The van der Waals surface area contributed by atoms with Crippen molar-refractivity contribution < 1.29 is 23.4 Å². The molecule has 3 heterocycles. The third kappa shape index (κ3) is 4.15. The van der Waals surface area contributed by atoms with Crippen LogP contribution in [0.3, 0.4) is 0 Å². The van der Waals surface area contributed by atoms with Gasteiger partial charge in [-0.05, 0) is 44.4 Å². The molecule has 2 aliphatic heterocycles. The molecular weight excluding hydrogens is 446 g/mol. The maximum absolute atomic E-state index is 13.2. The zero-order valence-corrected chi connectivity index (χ0v) is 20.2. The van der Waals surface area contributed by atoms with Gasteiger partial charge >= 0.3 is 12.6 Å². The highest BCUT2D eigenvalue weighted by Gasteiger charge is 2.45. The molecule has 2 aromatic rings. The van der Waals surface area contributed by atoms with Gasteiger partial charge in [0.1, 0.15) is 19.4 Å². The van der Waals surface area contributed by atoms with Gasteiger partial charge in [0, 0.05) is 17.8 Å². The molecule has 1 saturated heterocycles. The van der Waals surface area contributed by atoms with E-state index >= 15 is 0 Å². The molecule has 0 radical (unpaired) electrons. The highest BCUT2D eigenvalue weighted by molar-refractivity contribution is 6.83. The maximum Gasteiger partial charge on any atom is 0.387 e. The van der Waals surface area contributed by atoms with Crippen LogP contribution in [0.25, 0.3) is 11.3 Å². The first-order valence-electron chi connectivity index (χ1n) is 10.7. The summed E-state index contributed by atoms with van der Waals surface area (Å²) in [6.07, 6.45) is 2.94. The van der Waals surface area contributed by atoms with Crippen LogP contribution in [-0.2, 0) is 0 Å². The number of hydrogen-bond donors (Lipinski definition) is 1. The van der Waals surface area contributed by atoms with Crippen molar-refractivity contribution in [2.45, 2.75) is 64.5 Å². The number of nitrogens with zero attached hydrogens (tertiary/aromatic N) is 2. The SMILES string of the molecule is CC1(C)CC[C@@H]2c3cc(C#C[Si](C)(C)C)c(OC(F)F)cc3-c3cc(=O)c(C(=O)O)cn3N21. The summed E-state index contributed by atoms with van der Waals surface area (Å²) in [6.45, 7) is 7.28. The molecule has 0 aliphatic carbocycles. The standard InChI is InChI=1S/C24H26F2N2O4Si/c1-24(2)8-6-18-15-10-14(7-9-33(3,4)5)21(32-23(25)26)11-16(15)19-12-20(29)17(22(30)31)13-27(19)28(18)24/h10-13,18,23H,6,8H2,1-5H3,(H,30,31)/t18-/m1/s1. The first kappa shape index (κ1) is 23.0. The Kier molecular flexibility index (Phi) is 5.40. The molecule has 33 heavy (non-hydrogen) atoms. The Morgan fingerprint density at radius 1 is 1.27 bits per heavy atom. The lowest BCUT2D eigenvalue weighted by Gasteiger charge is -2.44. The largest absolute Gasteiger partial charge is 0.477 e. The number of aromatic carboxylic acids is 1. The Labute approximate surface area is 191 Å². The first-order valence-corrected chi connectivity index (χ1v) is 14.2. The minimum Gasteiger partial charge on any atom is -0.477 e. The molecule has 0 bridgehead atoms. The number of fused-ring (bicyclic) bond motifs is 6. The lowest BCUT2D eigenvalue weighted by molar-refractivity contribution is -0.0500. The van der Waals surface area contributed by atoms with Gasteiger partial charge in [-0.2, -0.15) is 8.78 Å². The van der Waals surface area contributed by atoms with Crippen molar-refractivity contribution in [2.75, 3.05) is 5.01 Å². The quantitative estimate of drug-likeness (QED) is 0.522. The Morgan fingerprint density at radius 2 is 1.97 bits per heavy atom. The number of hydrogen-bond acceptors (Lipinski definition) is 4. The van der Waals surface area contributed by atoms with Crippen LogP contribution in [0.15, 0.2) is 29.2 Å². The van der Waals surface area contributed by atoms with Crippen molar-refractivity contribution >= 4 is 14.0 Å². The molecule has 1 fully saturated rings. The Bertz CT molecular complexity index is 1270. The van der Waals surface area contributed by atoms with Gasteiger partial charge in [0.05, 0.1) is 22.8 Å². The third-order valence-corrected chi connectivity index (χ3v) is 6.89. The summed E-state index contributed by atoms with van der Waals surface area (Å²) in [7, 11) is -1.79. The van der Waals surface area contributed by atoms with Crippen molar-refractivity contribution in [1.29, 1.82) is 0 Å². The van der Waals surface area contributed by atoms with Crippen molar-refractivity contribution in [1.82, 2.24) is 4.68 Å². The van der Waals surface area contributed by atoms with E-state index in [0.717, 1.165) is 18.4 Å². The molecule has 0 unspecified atom stereocenters. The number of aromatic nitrogens is 1. The average Bonchev–Trinajstić information content (AvgIpc) is 3.00. The monoisotopic (exact) mass is 472 g/mol. The maximum atomic E-state index is 13.2. The van der Waals surface area contributed by atoms with Gasteiger partial charge in [-0.15, -0.1) is 5.54 Å². The summed E-state index contributed by atoms with van der Waals surface area (Å²) in [5.41, 5.74) is 4.17. The number of halogens is 2. The molecule has 1 aromatic heterocycles. The zero-order valence-electron chi connectivity index (χ0n) is 19.2. The van der Waals surface area contributed by atoms with E-state index in [1.807, 2.05) is 0 Å². The number of ether oxygens (including phenoxy) is 1. The van der Waals surface area contributed by atoms with Crippen LogP contribution in [0.5, 0.6) is 5.75 Å². The summed E-state index contributed by atoms with van der Waals surface area (Å²) in [4.78, 5) is 24.2. The second-order valence-corrected chi connectivity index (χ2v) is 14.9. The predicted molar refractivity (Wildman–Crippen MR) is 124 cm³/mol. The Morgan fingerprint density at radius 3 is 2.58 bits per heavy atom. The van der Waals surface area contributed by atoms with Gasteiger partial charge in [-0.3, -0.25) is 14.5 Å². The van der Waals surface area contributed by atoms with Crippen molar-refractivity contribution in [3.8, 4) is 28.5 Å². The smallest absolute Gasteiger partial charge is 0.387 e. The van der Waals surface area contributed by atoms with E-state index < -0.39 is 26.1 Å². The van der Waals surface area contributed by atoms with Crippen molar-refractivity contribution in [3.05, 3.63) is 51.3 Å². The minimum atomic E-state index is -3.03. The van der Waals surface area contributed by atoms with Crippen molar-refractivity contribution in [3.63, 3.8) is 0 Å². The van der Waals surface area contributed by atoms with E-state index in [9.17, 15) is 23.5 Å². The van der Waals surface area contributed by atoms with Gasteiger partial charge in [0.15, 0.2) is 5.43 Å². The van der Waals surface area contributed by atoms with Crippen LogP contribution in [0.4, 0.5) is 8.78 Å². The van der Waals surface area contributed by atoms with Crippen LogP contribution in [0.2, 0.25) is 19.6 Å². The fourth-order valence-electron chi connectivity index (χ4n) is 4.58. The summed E-state index contributed by atoms with van der Waals surface area (Å²) in [6, 6.07) is 4.43. The van der Waals surface area contributed by atoms with Crippen molar-refractivity contribution in [2.24, 2.45) is 0 Å². The van der Waals surface area contributed by atoms with E-state index in [2.05, 4.69) is 50.0 Å². The molecule has 0 saturated carbocycles. The lowest BCUT2D eigenvalue weighted by atomic mass is 9.92. The Balaban J connectivity index is 2.02. The average molecular weight is 473 g/mol.